The standard InChI is InChI=1S/C26H29N5OS2/c1-3-16(2)29-13-9-23(32)31-26-24(19-8-12-28-15-22(19)34-26)25-30-20-14-18(4-5-21(20)33-25)17-6-10-27-11-7-17/h4-7,10-11,14,16,28-29H,3,8-9,12-13,15H2,1-2H3,(H,31,32). The first-order valence-corrected chi connectivity index (χ1v) is 13.5. The van der Waals surface area contributed by atoms with Crippen molar-refractivity contribution in [3.63, 3.8) is 0 Å². The van der Waals surface area contributed by atoms with Crippen molar-refractivity contribution < 1.29 is 4.79 Å². The third-order valence-electron chi connectivity index (χ3n) is 6.25. The van der Waals surface area contributed by atoms with Crippen molar-refractivity contribution in [1.29, 1.82) is 0 Å². The predicted octanol–water partition coefficient (Wildman–Crippen LogP) is 5.45. The number of hydrogen-bond acceptors (Lipinski definition) is 7. The summed E-state index contributed by atoms with van der Waals surface area (Å²) < 4.78 is 1.15. The molecular formula is C26H29N5OS2. The second-order valence-electron chi connectivity index (χ2n) is 8.63. The molecule has 1 aromatic carbocycles. The van der Waals surface area contributed by atoms with Crippen LogP contribution in [0.1, 0.15) is 37.1 Å². The highest BCUT2D eigenvalue weighted by molar-refractivity contribution is 7.23. The van der Waals surface area contributed by atoms with E-state index in [0.29, 0.717) is 19.0 Å². The highest BCUT2D eigenvalue weighted by Gasteiger charge is 2.25. The number of rotatable bonds is 8. The van der Waals surface area contributed by atoms with Gasteiger partial charge in [-0.15, -0.1) is 22.7 Å². The number of nitrogens with one attached hydrogen (secondary N) is 3. The Morgan fingerprint density at radius 1 is 1.18 bits per heavy atom. The quantitative estimate of drug-likeness (QED) is 0.305. The highest BCUT2D eigenvalue weighted by Crippen LogP contribution is 2.45. The molecule has 5 rings (SSSR count). The predicted molar refractivity (Wildman–Crippen MR) is 143 cm³/mol. The Labute approximate surface area is 207 Å². The molecule has 0 radical (unpaired) electrons. The molecule has 0 saturated heterocycles. The summed E-state index contributed by atoms with van der Waals surface area (Å²) in [6.07, 6.45) is 6.08. The summed E-state index contributed by atoms with van der Waals surface area (Å²) in [5.74, 6) is 0.0460. The van der Waals surface area contributed by atoms with Crippen molar-refractivity contribution in [3.8, 4) is 21.7 Å². The summed E-state index contributed by atoms with van der Waals surface area (Å²) in [4.78, 5) is 23.2. The van der Waals surface area contributed by atoms with Crippen LogP contribution in [0.2, 0.25) is 0 Å². The molecule has 1 amide bonds. The number of hydrogen-bond donors (Lipinski definition) is 3. The normalized spacial score (nSPS) is 14.2. The van der Waals surface area contributed by atoms with Crippen LogP contribution in [0.5, 0.6) is 0 Å². The molecule has 1 aliphatic rings. The van der Waals surface area contributed by atoms with Crippen LogP contribution >= 0.6 is 22.7 Å². The van der Waals surface area contributed by atoms with Crippen molar-refractivity contribution in [1.82, 2.24) is 20.6 Å². The maximum Gasteiger partial charge on any atom is 0.226 e. The summed E-state index contributed by atoms with van der Waals surface area (Å²) in [6, 6.07) is 10.9. The van der Waals surface area contributed by atoms with Gasteiger partial charge in [0.1, 0.15) is 10.0 Å². The number of thiazole rings is 1. The van der Waals surface area contributed by atoms with E-state index in [1.165, 1.54) is 10.4 Å². The van der Waals surface area contributed by atoms with Crippen molar-refractivity contribution in [2.75, 3.05) is 18.4 Å². The lowest BCUT2D eigenvalue weighted by Gasteiger charge is -2.13. The summed E-state index contributed by atoms with van der Waals surface area (Å²) in [7, 11) is 0. The maximum atomic E-state index is 12.8. The van der Waals surface area contributed by atoms with E-state index in [1.807, 2.05) is 24.5 Å². The first-order chi connectivity index (χ1) is 16.6. The van der Waals surface area contributed by atoms with Gasteiger partial charge >= 0.3 is 0 Å². The van der Waals surface area contributed by atoms with Gasteiger partial charge in [0.05, 0.1) is 10.2 Å². The van der Waals surface area contributed by atoms with Crippen molar-refractivity contribution >= 4 is 43.8 Å². The fourth-order valence-corrected chi connectivity index (χ4v) is 6.50. The fourth-order valence-electron chi connectivity index (χ4n) is 4.17. The van der Waals surface area contributed by atoms with Crippen LogP contribution in [-0.2, 0) is 17.8 Å². The summed E-state index contributed by atoms with van der Waals surface area (Å²) in [6.45, 7) is 6.76. The molecule has 0 spiro atoms. The number of carbonyl (C=O) groups is 1. The number of carbonyl (C=O) groups excluding carboxylic acids is 1. The molecule has 0 saturated carbocycles. The molecule has 4 heterocycles. The Morgan fingerprint density at radius 3 is 2.85 bits per heavy atom. The Balaban J connectivity index is 1.45. The third kappa shape index (κ3) is 4.90. The van der Waals surface area contributed by atoms with Gasteiger partial charge in [0, 0.05) is 48.4 Å². The van der Waals surface area contributed by atoms with Gasteiger partial charge in [-0.2, -0.15) is 0 Å². The number of nitrogens with zero attached hydrogens (tertiary/aromatic N) is 2. The molecule has 0 fully saturated rings. The molecule has 1 aliphatic heterocycles. The van der Waals surface area contributed by atoms with Crippen LogP contribution in [-0.4, -0.2) is 35.0 Å². The van der Waals surface area contributed by atoms with Crippen molar-refractivity contribution in [3.05, 3.63) is 53.2 Å². The van der Waals surface area contributed by atoms with Gasteiger partial charge in [-0.1, -0.05) is 13.0 Å². The largest absolute Gasteiger partial charge is 0.317 e. The number of thiophene rings is 1. The number of fused-ring (bicyclic) bond motifs is 2. The molecule has 176 valence electrons. The Bertz CT molecular complexity index is 1300. The number of anilines is 1. The average Bonchev–Trinajstić information content (AvgIpc) is 3.44. The summed E-state index contributed by atoms with van der Waals surface area (Å²) in [5.41, 5.74) is 5.68. The molecule has 1 atom stereocenters. The van der Waals surface area contributed by atoms with Gasteiger partial charge in [0.25, 0.3) is 0 Å². The molecule has 4 aromatic rings. The lowest BCUT2D eigenvalue weighted by atomic mass is 10.0. The van der Waals surface area contributed by atoms with Crippen LogP contribution in [0.15, 0.2) is 42.7 Å². The molecule has 34 heavy (non-hydrogen) atoms. The number of amides is 1. The van der Waals surface area contributed by atoms with Gasteiger partial charge in [-0.25, -0.2) is 4.98 Å². The van der Waals surface area contributed by atoms with Gasteiger partial charge in [0.15, 0.2) is 0 Å². The Morgan fingerprint density at radius 2 is 2.03 bits per heavy atom. The van der Waals surface area contributed by atoms with E-state index in [4.69, 9.17) is 4.98 Å². The lowest BCUT2D eigenvalue weighted by molar-refractivity contribution is -0.116. The zero-order valence-corrected chi connectivity index (χ0v) is 21.1. The molecule has 0 bridgehead atoms. The van der Waals surface area contributed by atoms with Gasteiger partial charge < -0.3 is 16.0 Å². The highest BCUT2D eigenvalue weighted by atomic mass is 32.1. The smallest absolute Gasteiger partial charge is 0.226 e. The molecule has 0 aliphatic carbocycles. The van der Waals surface area contributed by atoms with Crippen LogP contribution in [0.25, 0.3) is 31.9 Å². The second kappa shape index (κ2) is 10.3. The monoisotopic (exact) mass is 491 g/mol. The Kier molecular flexibility index (Phi) is 7.01. The number of pyridine rings is 1. The first kappa shape index (κ1) is 23.1. The summed E-state index contributed by atoms with van der Waals surface area (Å²) >= 11 is 3.38. The van der Waals surface area contributed by atoms with Crippen LogP contribution in [0.4, 0.5) is 5.00 Å². The first-order valence-electron chi connectivity index (χ1n) is 11.8. The van der Waals surface area contributed by atoms with E-state index in [0.717, 1.165) is 62.8 Å². The van der Waals surface area contributed by atoms with Crippen molar-refractivity contribution in [2.45, 2.75) is 45.7 Å². The van der Waals surface area contributed by atoms with Crippen LogP contribution in [0, 0.1) is 0 Å². The average molecular weight is 492 g/mol. The van der Waals surface area contributed by atoms with Gasteiger partial charge in [-0.3, -0.25) is 9.78 Å². The Hall–Kier alpha value is -2.65. The van der Waals surface area contributed by atoms with Gasteiger partial charge in [0.2, 0.25) is 5.91 Å². The van der Waals surface area contributed by atoms with Gasteiger partial charge in [-0.05, 0) is 67.3 Å². The fraction of sp³-hybridized carbons (Fsp3) is 0.346. The second-order valence-corrected chi connectivity index (χ2v) is 10.8. The molecular weight excluding hydrogens is 462 g/mol. The molecule has 3 N–H and O–H groups in total. The van der Waals surface area contributed by atoms with Crippen LogP contribution in [0.3, 0.4) is 0 Å². The lowest BCUT2D eigenvalue weighted by Crippen LogP contribution is -2.28. The van der Waals surface area contributed by atoms with E-state index >= 15 is 0 Å². The SMILES string of the molecule is CCC(C)NCCC(=O)Nc1sc2c(c1-c1nc3cc(-c4ccncc4)ccc3s1)CCNC2. The van der Waals surface area contributed by atoms with E-state index in [9.17, 15) is 4.79 Å². The van der Waals surface area contributed by atoms with Crippen LogP contribution < -0.4 is 16.0 Å². The molecule has 1 unspecified atom stereocenters. The number of benzene rings is 1. The summed E-state index contributed by atoms with van der Waals surface area (Å²) in [5, 5.41) is 12.0. The minimum absolute atomic E-state index is 0.0460. The van der Waals surface area contributed by atoms with E-state index in [1.54, 1.807) is 22.7 Å². The van der Waals surface area contributed by atoms with E-state index in [2.05, 4.69) is 53.0 Å². The number of aromatic nitrogens is 2. The van der Waals surface area contributed by atoms with E-state index < -0.39 is 0 Å². The van der Waals surface area contributed by atoms with E-state index in [-0.39, 0.29) is 5.91 Å². The topological polar surface area (TPSA) is 78.9 Å². The minimum atomic E-state index is 0.0460. The zero-order chi connectivity index (χ0) is 23.5. The molecule has 3 aromatic heterocycles. The zero-order valence-electron chi connectivity index (χ0n) is 19.5. The van der Waals surface area contributed by atoms with Crippen molar-refractivity contribution in [2.24, 2.45) is 0 Å². The maximum absolute atomic E-state index is 12.8. The molecule has 6 nitrogen and oxygen atoms in total. The third-order valence-corrected chi connectivity index (χ3v) is 8.45. The minimum Gasteiger partial charge on any atom is -0.317 e. The molecule has 8 heteroatoms.